The van der Waals surface area contributed by atoms with Gasteiger partial charge in [-0.25, -0.2) is 0 Å². The molecule has 2 amide bonds. The molecule has 2 rings (SSSR count). The number of ether oxygens (including phenoxy) is 2. The maximum Gasteiger partial charge on any atom is 0.276 e. The smallest absolute Gasteiger partial charge is 0.276 e. The third-order valence-corrected chi connectivity index (χ3v) is 3.54. The normalized spacial score (nSPS) is 10.4. The van der Waals surface area contributed by atoms with E-state index in [1.54, 1.807) is 30.3 Å². The molecule has 2 aromatic carbocycles. The van der Waals surface area contributed by atoms with E-state index in [0.717, 1.165) is 5.56 Å². The Bertz CT molecular complexity index is 821. The molecule has 0 aliphatic carbocycles. The summed E-state index contributed by atoms with van der Waals surface area (Å²) >= 11 is 5.83. The van der Waals surface area contributed by atoms with Crippen LogP contribution in [0.1, 0.15) is 22.8 Å². The minimum Gasteiger partial charge on any atom is -0.493 e. The molecule has 0 heterocycles. The molecule has 0 radical (unpaired) electrons. The highest BCUT2D eigenvalue weighted by molar-refractivity contribution is 6.30. The van der Waals surface area contributed by atoms with E-state index >= 15 is 0 Å². The summed E-state index contributed by atoms with van der Waals surface area (Å²) in [6, 6.07) is 11.7. The summed E-state index contributed by atoms with van der Waals surface area (Å²) in [6.45, 7) is 1.63. The molecule has 0 saturated heterocycles. The second-order valence-corrected chi connectivity index (χ2v) is 5.65. The third kappa shape index (κ3) is 5.53. The first kappa shape index (κ1) is 19.3. The molecule has 0 bridgehead atoms. The van der Waals surface area contributed by atoms with E-state index in [1.165, 1.54) is 13.2 Å². The Morgan fingerprint density at radius 1 is 1.12 bits per heavy atom. The van der Waals surface area contributed by atoms with Crippen LogP contribution in [0.4, 0.5) is 0 Å². The van der Waals surface area contributed by atoms with Crippen molar-refractivity contribution in [3.63, 3.8) is 0 Å². The molecule has 136 valence electrons. The first-order chi connectivity index (χ1) is 12.5. The number of hydrogen-bond acceptors (Lipinski definition) is 4. The second-order valence-electron chi connectivity index (χ2n) is 5.21. The average Bonchev–Trinajstić information content (AvgIpc) is 2.65. The quantitative estimate of drug-likeness (QED) is 0.761. The fourth-order valence-electron chi connectivity index (χ4n) is 2.11. The molecule has 0 aromatic heterocycles. The van der Waals surface area contributed by atoms with E-state index in [2.05, 4.69) is 10.9 Å². The number of carbonyl (C=O) groups excluding carboxylic acids is 2. The van der Waals surface area contributed by atoms with Crippen LogP contribution in [0.3, 0.4) is 0 Å². The van der Waals surface area contributed by atoms with Crippen LogP contribution in [-0.2, 0) is 4.79 Å². The Kier molecular flexibility index (Phi) is 7.05. The Labute approximate surface area is 156 Å². The maximum absolute atomic E-state index is 11.9. The molecule has 6 nitrogen and oxygen atoms in total. The summed E-state index contributed by atoms with van der Waals surface area (Å²) in [6.07, 6.45) is 3.83. The van der Waals surface area contributed by atoms with Crippen LogP contribution in [0, 0.1) is 0 Å². The lowest BCUT2D eigenvalue weighted by Crippen LogP contribution is -2.43. The van der Waals surface area contributed by atoms with Crippen LogP contribution in [0.5, 0.6) is 11.5 Å². The van der Waals surface area contributed by atoms with Crippen molar-refractivity contribution >= 4 is 29.5 Å². The van der Waals surface area contributed by atoms with Gasteiger partial charge in [0.25, 0.3) is 11.8 Å². The third-order valence-electron chi connectivity index (χ3n) is 3.31. The molecule has 0 aliphatic rings. The van der Waals surface area contributed by atoms with E-state index in [-0.39, 0.29) is 6.61 Å². The number of benzene rings is 2. The SMILES string of the molecule is C/C=C/c1ccc(OCC(=O)NNC(=O)c2cccc(Cl)c2)c(OC)c1. The van der Waals surface area contributed by atoms with Crippen molar-refractivity contribution in [1.29, 1.82) is 0 Å². The largest absolute Gasteiger partial charge is 0.493 e. The maximum atomic E-state index is 11.9. The predicted molar refractivity (Wildman–Crippen MR) is 100 cm³/mol. The van der Waals surface area contributed by atoms with Crippen molar-refractivity contribution < 1.29 is 19.1 Å². The van der Waals surface area contributed by atoms with Crippen LogP contribution in [0.2, 0.25) is 5.02 Å². The minimum absolute atomic E-state index is 0.283. The van der Waals surface area contributed by atoms with Gasteiger partial charge in [-0.3, -0.25) is 20.4 Å². The zero-order valence-corrected chi connectivity index (χ0v) is 15.2. The van der Waals surface area contributed by atoms with Gasteiger partial charge >= 0.3 is 0 Å². The number of carbonyl (C=O) groups is 2. The molecule has 2 aromatic rings. The zero-order chi connectivity index (χ0) is 18.9. The lowest BCUT2D eigenvalue weighted by Gasteiger charge is -2.12. The highest BCUT2D eigenvalue weighted by Crippen LogP contribution is 2.28. The van der Waals surface area contributed by atoms with Gasteiger partial charge in [0, 0.05) is 10.6 Å². The summed E-state index contributed by atoms with van der Waals surface area (Å²) in [5.74, 6) is -0.0532. The van der Waals surface area contributed by atoms with Crippen molar-refractivity contribution in [2.24, 2.45) is 0 Å². The van der Waals surface area contributed by atoms with Crippen molar-refractivity contribution in [3.05, 3.63) is 64.7 Å². The number of hydrazine groups is 1. The van der Waals surface area contributed by atoms with Crippen LogP contribution in [0.25, 0.3) is 6.08 Å². The van der Waals surface area contributed by atoms with Crippen LogP contribution < -0.4 is 20.3 Å². The number of halogens is 1. The van der Waals surface area contributed by atoms with Crippen molar-refractivity contribution in [2.45, 2.75) is 6.92 Å². The van der Waals surface area contributed by atoms with Gasteiger partial charge in [0.15, 0.2) is 18.1 Å². The number of methoxy groups -OCH3 is 1. The molecular weight excluding hydrogens is 356 g/mol. The Morgan fingerprint density at radius 2 is 1.92 bits per heavy atom. The summed E-state index contributed by atoms with van der Waals surface area (Å²) < 4.78 is 10.7. The molecule has 7 heteroatoms. The Balaban J connectivity index is 1.88. The van der Waals surface area contributed by atoms with Gasteiger partial charge in [-0.2, -0.15) is 0 Å². The molecule has 0 atom stereocenters. The van der Waals surface area contributed by atoms with Crippen LogP contribution >= 0.6 is 11.6 Å². The molecule has 0 aliphatic heterocycles. The van der Waals surface area contributed by atoms with Crippen LogP contribution in [0.15, 0.2) is 48.5 Å². The van der Waals surface area contributed by atoms with Crippen molar-refractivity contribution in [3.8, 4) is 11.5 Å². The molecule has 0 fully saturated rings. The highest BCUT2D eigenvalue weighted by atomic mass is 35.5. The topological polar surface area (TPSA) is 76.7 Å². The number of nitrogens with one attached hydrogen (secondary N) is 2. The summed E-state index contributed by atoms with van der Waals surface area (Å²) in [5.41, 5.74) is 5.87. The second kappa shape index (κ2) is 9.48. The number of allylic oxidation sites excluding steroid dienone is 1. The van der Waals surface area contributed by atoms with E-state index < -0.39 is 11.8 Å². The molecule has 26 heavy (non-hydrogen) atoms. The molecular formula is C19H19ClN2O4. The van der Waals surface area contributed by atoms with E-state index in [1.807, 2.05) is 25.1 Å². The van der Waals surface area contributed by atoms with Gasteiger partial charge in [0.05, 0.1) is 7.11 Å². The lowest BCUT2D eigenvalue weighted by molar-refractivity contribution is -0.123. The number of amides is 2. The van der Waals surface area contributed by atoms with E-state index in [9.17, 15) is 9.59 Å². The summed E-state index contributed by atoms with van der Waals surface area (Å²) in [4.78, 5) is 23.8. The molecule has 0 saturated carbocycles. The lowest BCUT2D eigenvalue weighted by atomic mass is 10.2. The monoisotopic (exact) mass is 374 g/mol. The highest BCUT2D eigenvalue weighted by Gasteiger charge is 2.10. The van der Waals surface area contributed by atoms with Crippen molar-refractivity contribution in [1.82, 2.24) is 10.9 Å². The standard InChI is InChI=1S/C19H19ClN2O4/c1-3-5-13-8-9-16(17(10-13)25-2)26-12-18(23)21-22-19(24)14-6-4-7-15(20)11-14/h3-11H,12H2,1-2H3,(H,21,23)(H,22,24)/b5-3+. The van der Waals surface area contributed by atoms with Gasteiger partial charge in [-0.15, -0.1) is 0 Å². The van der Waals surface area contributed by atoms with Crippen molar-refractivity contribution in [2.75, 3.05) is 13.7 Å². The summed E-state index contributed by atoms with van der Waals surface area (Å²) in [7, 11) is 1.52. The number of rotatable bonds is 6. The van der Waals surface area contributed by atoms with Gasteiger partial charge < -0.3 is 9.47 Å². The van der Waals surface area contributed by atoms with Gasteiger partial charge in [-0.05, 0) is 42.8 Å². The fraction of sp³-hybridized carbons (Fsp3) is 0.158. The van der Waals surface area contributed by atoms with Gasteiger partial charge in [0.2, 0.25) is 0 Å². The van der Waals surface area contributed by atoms with Crippen LogP contribution in [-0.4, -0.2) is 25.5 Å². The predicted octanol–water partition coefficient (Wildman–Crippen LogP) is 3.22. The minimum atomic E-state index is -0.514. The van der Waals surface area contributed by atoms with Gasteiger partial charge in [0.1, 0.15) is 0 Å². The fourth-order valence-corrected chi connectivity index (χ4v) is 2.30. The van der Waals surface area contributed by atoms with Gasteiger partial charge in [-0.1, -0.05) is 35.9 Å². The summed E-state index contributed by atoms with van der Waals surface area (Å²) in [5, 5.41) is 0.431. The molecule has 0 unspecified atom stereocenters. The first-order valence-corrected chi connectivity index (χ1v) is 8.19. The van der Waals surface area contributed by atoms with E-state index in [4.69, 9.17) is 21.1 Å². The average molecular weight is 375 g/mol. The first-order valence-electron chi connectivity index (χ1n) is 7.81. The Hall–Kier alpha value is -2.99. The number of hydrogen-bond donors (Lipinski definition) is 2. The molecule has 2 N–H and O–H groups in total. The Morgan fingerprint density at radius 3 is 2.62 bits per heavy atom. The zero-order valence-electron chi connectivity index (χ0n) is 14.4. The van der Waals surface area contributed by atoms with E-state index in [0.29, 0.717) is 22.1 Å². The molecule has 0 spiro atoms.